The Kier molecular flexibility index (Phi) is 4.17. The van der Waals surface area contributed by atoms with Crippen molar-refractivity contribution in [1.29, 1.82) is 0 Å². The molecule has 2 aromatic heterocycles. The SMILES string of the molecule is O=C(COC(=O)c1ccccn1)Nc1ccccn1. The lowest BCUT2D eigenvalue weighted by atomic mass is 10.3. The predicted octanol–water partition coefficient (Wildman–Crippen LogP) is 1.27. The zero-order chi connectivity index (χ0) is 13.5. The second-order valence-corrected chi connectivity index (χ2v) is 3.55. The lowest BCUT2D eigenvalue weighted by Gasteiger charge is -2.05. The molecular weight excluding hydrogens is 246 g/mol. The third kappa shape index (κ3) is 3.88. The molecule has 96 valence electrons. The molecule has 2 aromatic rings. The maximum absolute atomic E-state index is 11.5. The maximum Gasteiger partial charge on any atom is 0.357 e. The van der Waals surface area contributed by atoms with Crippen LogP contribution in [0.3, 0.4) is 0 Å². The van der Waals surface area contributed by atoms with E-state index in [9.17, 15) is 9.59 Å². The van der Waals surface area contributed by atoms with E-state index >= 15 is 0 Å². The van der Waals surface area contributed by atoms with E-state index in [4.69, 9.17) is 4.74 Å². The van der Waals surface area contributed by atoms with Crippen molar-refractivity contribution in [3.8, 4) is 0 Å². The molecule has 0 aliphatic carbocycles. The number of carbonyl (C=O) groups excluding carboxylic acids is 2. The van der Waals surface area contributed by atoms with Gasteiger partial charge in [-0.05, 0) is 24.3 Å². The molecule has 0 aromatic carbocycles. The largest absolute Gasteiger partial charge is 0.451 e. The molecule has 0 unspecified atom stereocenters. The summed E-state index contributed by atoms with van der Waals surface area (Å²) in [5.74, 6) is -0.693. The van der Waals surface area contributed by atoms with E-state index < -0.39 is 11.9 Å². The normalized spacial score (nSPS) is 9.68. The topological polar surface area (TPSA) is 81.2 Å². The fourth-order valence-electron chi connectivity index (χ4n) is 1.30. The first-order valence-electron chi connectivity index (χ1n) is 5.55. The Hall–Kier alpha value is -2.76. The molecular formula is C13H11N3O3. The molecule has 1 amide bonds. The Morgan fingerprint density at radius 1 is 1.05 bits per heavy atom. The molecule has 0 saturated carbocycles. The Morgan fingerprint density at radius 2 is 1.79 bits per heavy atom. The van der Waals surface area contributed by atoms with Crippen molar-refractivity contribution < 1.29 is 14.3 Å². The third-order valence-electron chi connectivity index (χ3n) is 2.14. The van der Waals surface area contributed by atoms with E-state index in [0.717, 1.165) is 0 Å². The maximum atomic E-state index is 11.5. The van der Waals surface area contributed by atoms with Crippen molar-refractivity contribution in [2.45, 2.75) is 0 Å². The molecule has 0 bridgehead atoms. The van der Waals surface area contributed by atoms with Gasteiger partial charge in [-0.2, -0.15) is 0 Å². The van der Waals surface area contributed by atoms with Gasteiger partial charge >= 0.3 is 5.97 Å². The van der Waals surface area contributed by atoms with Crippen LogP contribution in [0.4, 0.5) is 5.82 Å². The molecule has 0 spiro atoms. The summed E-state index contributed by atoms with van der Waals surface area (Å²) in [5, 5.41) is 2.50. The summed E-state index contributed by atoms with van der Waals surface area (Å²) in [6.45, 7) is -0.383. The van der Waals surface area contributed by atoms with Crippen LogP contribution in [0.1, 0.15) is 10.5 Å². The Morgan fingerprint density at radius 3 is 2.42 bits per heavy atom. The minimum atomic E-state index is -0.642. The number of nitrogens with one attached hydrogen (secondary N) is 1. The highest BCUT2D eigenvalue weighted by molar-refractivity contribution is 5.94. The highest BCUT2D eigenvalue weighted by Gasteiger charge is 2.10. The van der Waals surface area contributed by atoms with Gasteiger partial charge in [0.2, 0.25) is 0 Å². The van der Waals surface area contributed by atoms with Crippen LogP contribution in [0.5, 0.6) is 0 Å². The van der Waals surface area contributed by atoms with Gasteiger partial charge in [0.1, 0.15) is 11.5 Å². The summed E-state index contributed by atoms with van der Waals surface area (Å²) in [5.41, 5.74) is 0.160. The molecule has 0 aliphatic heterocycles. The van der Waals surface area contributed by atoms with Crippen molar-refractivity contribution in [1.82, 2.24) is 9.97 Å². The number of nitrogens with zero attached hydrogens (tertiary/aromatic N) is 2. The molecule has 6 heteroatoms. The quantitative estimate of drug-likeness (QED) is 0.834. The molecule has 2 rings (SSSR count). The van der Waals surface area contributed by atoms with Crippen LogP contribution < -0.4 is 5.32 Å². The van der Waals surface area contributed by atoms with Gasteiger partial charge in [-0.1, -0.05) is 12.1 Å². The highest BCUT2D eigenvalue weighted by Crippen LogP contribution is 2.00. The van der Waals surface area contributed by atoms with Crippen LogP contribution in [0.15, 0.2) is 48.8 Å². The van der Waals surface area contributed by atoms with Crippen molar-refractivity contribution >= 4 is 17.7 Å². The first-order valence-corrected chi connectivity index (χ1v) is 5.55. The number of esters is 1. The van der Waals surface area contributed by atoms with E-state index in [-0.39, 0.29) is 12.3 Å². The van der Waals surface area contributed by atoms with Crippen molar-refractivity contribution in [2.24, 2.45) is 0 Å². The first kappa shape index (κ1) is 12.7. The van der Waals surface area contributed by atoms with Gasteiger partial charge < -0.3 is 10.1 Å². The fourth-order valence-corrected chi connectivity index (χ4v) is 1.30. The first-order chi connectivity index (χ1) is 9.25. The summed E-state index contributed by atoms with van der Waals surface area (Å²) in [7, 11) is 0. The molecule has 2 heterocycles. The Bertz CT molecular complexity index is 558. The van der Waals surface area contributed by atoms with E-state index in [1.165, 1.54) is 12.3 Å². The minimum absolute atomic E-state index is 0.160. The average Bonchev–Trinajstić information content (AvgIpc) is 2.47. The van der Waals surface area contributed by atoms with Crippen LogP contribution in [0.2, 0.25) is 0 Å². The number of pyridine rings is 2. The molecule has 1 N–H and O–H groups in total. The molecule has 6 nitrogen and oxygen atoms in total. The van der Waals surface area contributed by atoms with Crippen LogP contribution in [-0.4, -0.2) is 28.5 Å². The van der Waals surface area contributed by atoms with Gasteiger partial charge in [0.05, 0.1) is 0 Å². The molecule has 0 fully saturated rings. The number of amides is 1. The van der Waals surface area contributed by atoms with Crippen LogP contribution in [0, 0.1) is 0 Å². The third-order valence-corrected chi connectivity index (χ3v) is 2.14. The van der Waals surface area contributed by atoms with Gasteiger partial charge in [-0.25, -0.2) is 14.8 Å². The van der Waals surface area contributed by atoms with Gasteiger partial charge in [0.25, 0.3) is 5.91 Å². The Labute approximate surface area is 109 Å². The fraction of sp³-hybridized carbons (Fsp3) is 0.0769. The predicted molar refractivity (Wildman–Crippen MR) is 67.4 cm³/mol. The number of ether oxygens (including phenoxy) is 1. The van der Waals surface area contributed by atoms with Gasteiger partial charge in [0.15, 0.2) is 6.61 Å². The summed E-state index contributed by atoms with van der Waals surface area (Å²) in [6.07, 6.45) is 3.03. The summed E-state index contributed by atoms with van der Waals surface area (Å²) in [6, 6.07) is 9.97. The van der Waals surface area contributed by atoms with Crippen LogP contribution in [-0.2, 0) is 9.53 Å². The summed E-state index contributed by atoms with van der Waals surface area (Å²) in [4.78, 5) is 30.8. The second-order valence-electron chi connectivity index (χ2n) is 3.55. The lowest BCUT2D eigenvalue weighted by molar-refractivity contribution is -0.119. The summed E-state index contributed by atoms with van der Waals surface area (Å²) < 4.78 is 4.82. The zero-order valence-electron chi connectivity index (χ0n) is 9.95. The molecule has 0 radical (unpaired) electrons. The number of aromatic nitrogens is 2. The van der Waals surface area contributed by atoms with Crippen LogP contribution in [0.25, 0.3) is 0 Å². The average molecular weight is 257 g/mol. The van der Waals surface area contributed by atoms with E-state index in [2.05, 4.69) is 15.3 Å². The number of rotatable bonds is 4. The standard InChI is InChI=1S/C13H11N3O3/c17-12(16-11-6-2-4-8-15-11)9-19-13(18)10-5-1-3-7-14-10/h1-8H,9H2,(H,15,16,17). The monoisotopic (exact) mass is 257 g/mol. The molecule has 0 saturated heterocycles. The van der Waals surface area contributed by atoms with E-state index in [1.807, 2.05) is 0 Å². The minimum Gasteiger partial charge on any atom is -0.451 e. The van der Waals surface area contributed by atoms with Crippen LogP contribution >= 0.6 is 0 Å². The number of anilines is 1. The number of hydrogen-bond donors (Lipinski definition) is 1. The van der Waals surface area contributed by atoms with Gasteiger partial charge in [-0.3, -0.25) is 4.79 Å². The molecule has 0 aliphatic rings. The van der Waals surface area contributed by atoms with Gasteiger partial charge in [-0.15, -0.1) is 0 Å². The van der Waals surface area contributed by atoms with Gasteiger partial charge in [0, 0.05) is 12.4 Å². The Balaban J connectivity index is 1.83. The number of hydrogen-bond acceptors (Lipinski definition) is 5. The zero-order valence-corrected chi connectivity index (χ0v) is 9.95. The van der Waals surface area contributed by atoms with Crippen molar-refractivity contribution in [2.75, 3.05) is 11.9 Å². The van der Waals surface area contributed by atoms with Crippen molar-refractivity contribution in [3.05, 3.63) is 54.5 Å². The second kappa shape index (κ2) is 6.25. The molecule has 19 heavy (non-hydrogen) atoms. The summed E-state index contributed by atoms with van der Waals surface area (Å²) >= 11 is 0. The molecule has 0 atom stereocenters. The highest BCUT2D eigenvalue weighted by atomic mass is 16.5. The van der Waals surface area contributed by atoms with E-state index in [1.54, 1.807) is 36.5 Å². The number of carbonyl (C=O) groups is 2. The smallest absolute Gasteiger partial charge is 0.357 e. The van der Waals surface area contributed by atoms with E-state index in [0.29, 0.717) is 5.82 Å². The van der Waals surface area contributed by atoms with Crippen molar-refractivity contribution in [3.63, 3.8) is 0 Å². The lowest BCUT2D eigenvalue weighted by Crippen LogP contribution is -2.21.